The van der Waals surface area contributed by atoms with Crippen LogP contribution in [0.3, 0.4) is 0 Å². The van der Waals surface area contributed by atoms with Crippen LogP contribution in [0, 0.1) is 17.8 Å². The molecule has 4 atom stereocenters. The van der Waals surface area contributed by atoms with Gasteiger partial charge in [0.15, 0.2) is 0 Å². The topological polar surface area (TPSA) is 18.5 Å². The van der Waals surface area contributed by atoms with E-state index in [2.05, 4.69) is 35.5 Å². The molecule has 86 valence electrons. The lowest BCUT2D eigenvalue weighted by atomic mass is 9.74. The summed E-state index contributed by atoms with van der Waals surface area (Å²) in [7, 11) is 2.15. The van der Waals surface area contributed by atoms with Crippen molar-refractivity contribution in [3.8, 4) is 0 Å². The average Bonchev–Trinajstić information content (AvgIpc) is 2.53. The minimum absolute atomic E-state index is 0.0203. The van der Waals surface area contributed by atoms with E-state index in [4.69, 9.17) is 9.47 Å². The Kier molecular flexibility index (Phi) is 2.89. The molecule has 2 heterocycles. The Morgan fingerprint density at radius 1 is 1.33 bits per heavy atom. The van der Waals surface area contributed by atoms with Gasteiger partial charge in [0, 0.05) is 5.92 Å². The zero-order valence-corrected chi connectivity index (χ0v) is 10.6. The monoisotopic (exact) mass is 210 g/mol. The van der Waals surface area contributed by atoms with Crippen LogP contribution in [-0.4, -0.2) is 32.2 Å². The first-order valence-corrected chi connectivity index (χ1v) is 6.25. The number of rotatable bonds is 3. The molecule has 0 amide bonds. The van der Waals surface area contributed by atoms with Crippen molar-refractivity contribution in [1.29, 1.82) is 0 Å². The highest BCUT2D eigenvalue weighted by Gasteiger charge is 2.60. The van der Waals surface area contributed by atoms with Crippen LogP contribution in [-0.2, 0) is 9.47 Å². The summed E-state index contributed by atoms with van der Waals surface area (Å²) < 4.78 is 12.1. The number of hydrogen-bond donors (Lipinski definition) is 0. The molecule has 3 heteroatoms. The summed E-state index contributed by atoms with van der Waals surface area (Å²) in [5.74, 6) is 1.93. The third-order valence-corrected chi connectivity index (χ3v) is 3.84. The Morgan fingerprint density at radius 2 is 2.00 bits per heavy atom. The van der Waals surface area contributed by atoms with Gasteiger partial charge in [-0.3, -0.25) is 0 Å². The van der Waals surface area contributed by atoms with Gasteiger partial charge in [0.1, 0.15) is 7.85 Å². The largest absolute Gasteiger partial charge is 0.375 e. The maximum absolute atomic E-state index is 6.21. The third-order valence-electron chi connectivity index (χ3n) is 3.84. The van der Waals surface area contributed by atoms with Crippen molar-refractivity contribution in [3.05, 3.63) is 0 Å². The van der Waals surface area contributed by atoms with E-state index >= 15 is 0 Å². The Balaban J connectivity index is 2.21. The first kappa shape index (κ1) is 11.5. The number of fused-ring (bicyclic) bond motifs is 2. The van der Waals surface area contributed by atoms with Crippen LogP contribution < -0.4 is 0 Å². The molecule has 1 unspecified atom stereocenters. The molecule has 0 aromatic heterocycles. The third kappa shape index (κ3) is 1.74. The lowest BCUT2D eigenvalue weighted by Gasteiger charge is -2.34. The molecular formula is C12H23BO2. The quantitative estimate of drug-likeness (QED) is 0.656. The van der Waals surface area contributed by atoms with Crippen LogP contribution in [0.2, 0.25) is 0 Å². The molecule has 0 saturated carbocycles. The molecule has 0 aliphatic carbocycles. The summed E-state index contributed by atoms with van der Waals surface area (Å²) in [6.45, 7) is 9.94. The first-order valence-electron chi connectivity index (χ1n) is 6.25. The van der Waals surface area contributed by atoms with Gasteiger partial charge in [-0.25, -0.2) is 0 Å². The SMILES string of the molecule is B[C@@H]1O[C@@]2(CC(C)C)CO[C@H]1C2C(C)C. The second-order valence-corrected chi connectivity index (χ2v) is 6.03. The van der Waals surface area contributed by atoms with E-state index in [0.29, 0.717) is 23.9 Å². The zero-order valence-electron chi connectivity index (χ0n) is 10.6. The van der Waals surface area contributed by atoms with Gasteiger partial charge in [0.05, 0.1) is 24.3 Å². The van der Waals surface area contributed by atoms with Crippen LogP contribution in [0.1, 0.15) is 34.1 Å². The fourth-order valence-corrected chi connectivity index (χ4v) is 3.63. The van der Waals surface area contributed by atoms with Crippen molar-refractivity contribution in [3.63, 3.8) is 0 Å². The molecular weight excluding hydrogens is 187 g/mol. The standard InChI is InChI=1S/C12H23BO2/c1-7(2)5-12-6-14-10(11(13)15-12)9(12)8(3)4/h7-11H,5-6,13H2,1-4H3/t9?,10-,11+,12-/m0/s1. The maximum atomic E-state index is 6.21. The Bertz CT molecular complexity index is 242. The number of ether oxygens (including phenoxy) is 2. The molecule has 0 radical (unpaired) electrons. The van der Waals surface area contributed by atoms with Crippen LogP contribution >= 0.6 is 0 Å². The van der Waals surface area contributed by atoms with Gasteiger partial charge in [-0.05, 0) is 18.3 Å². The summed E-state index contributed by atoms with van der Waals surface area (Å²) >= 11 is 0. The minimum Gasteiger partial charge on any atom is -0.375 e. The Morgan fingerprint density at radius 3 is 2.47 bits per heavy atom. The van der Waals surface area contributed by atoms with E-state index in [0.717, 1.165) is 13.0 Å². The lowest BCUT2D eigenvalue weighted by Crippen LogP contribution is -2.41. The molecule has 0 spiro atoms. The van der Waals surface area contributed by atoms with Crippen LogP contribution in [0.25, 0.3) is 0 Å². The minimum atomic E-state index is 0.0203. The summed E-state index contributed by atoms with van der Waals surface area (Å²) in [5.41, 5.74) is 0.0203. The first-order chi connectivity index (χ1) is 6.96. The summed E-state index contributed by atoms with van der Waals surface area (Å²) in [6, 6.07) is 0.282. The van der Waals surface area contributed by atoms with Gasteiger partial charge in [0.25, 0.3) is 0 Å². The molecule has 2 nitrogen and oxygen atoms in total. The van der Waals surface area contributed by atoms with Gasteiger partial charge in [-0.1, -0.05) is 27.7 Å². The lowest BCUT2D eigenvalue weighted by molar-refractivity contribution is -0.122. The van der Waals surface area contributed by atoms with E-state index in [9.17, 15) is 0 Å². The van der Waals surface area contributed by atoms with Crippen molar-refractivity contribution < 1.29 is 9.47 Å². The molecule has 2 bridgehead atoms. The van der Waals surface area contributed by atoms with Crippen molar-refractivity contribution in [2.24, 2.45) is 17.8 Å². The summed E-state index contributed by atoms with van der Waals surface area (Å²) in [5, 5.41) is 0. The molecule has 15 heavy (non-hydrogen) atoms. The van der Waals surface area contributed by atoms with E-state index in [1.165, 1.54) is 0 Å². The second kappa shape index (κ2) is 3.78. The normalized spacial score (nSPS) is 44.5. The van der Waals surface area contributed by atoms with Gasteiger partial charge in [0.2, 0.25) is 0 Å². The maximum Gasteiger partial charge on any atom is 0.142 e. The summed E-state index contributed by atoms with van der Waals surface area (Å²) in [6.07, 6.45) is 1.47. The predicted octanol–water partition coefficient (Wildman–Crippen LogP) is 1.43. The zero-order chi connectivity index (χ0) is 11.2. The van der Waals surface area contributed by atoms with Crippen LogP contribution in [0.4, 0.5) is 0 Å². The van der Waals surface area contributed by atoms with Crippen molar-refractivity contribution in [1.82, 2.24) is 0 Å². The van der Waals surface area contributed by atoms with Crippen molar-refractivity contribution in [2.75, 3.05) is 6.61 Å². The van der Waals surface area contributed by atoms with E-state index < -0.39 is 0 Å². The smallest absolute Gasteiger partial charge is 0.142 e. The highest BCUT2D eigenvalue weighted by atomic mass is 16.6. The fourth-order valence-electron chi connectivity index (χ4n) is 3.63. The van der Waals surface area contributed by atoms with Crippen molar-refractivity contribution in [2.45, 2.75) is 51.8 Å². The highest BCUT2D eigenvalue weighted by Crippen LogP contribution is 2.50. The fraction of sp³-hybridized carbons (Fsp3) is 1.00. The molecule has 0 N–H and O–H groups in total. The van der Waals surface area contributed by atoms with Crippen LogP contribution in [0.5, 0.6) is 0 Å². The van der Waals surface area contributed by atoms with Crippen LogP contribution in [0.15, 0.2) is 0 Å². The molecule has 0 aromatic rings. The molecule has 2 aliphatic rings. The van der Waals surface area contributed by atoms with Gasteiger partial charge in [-0.15, -0.1) is 0 Å². The molecule has 0 aromatic carbocycles. The number of hydrogen-bond acceptors (Lipinski definition) is 2. The second-order valence-electron chi connectivity index (χ2n) is 6.03. The Hall–Kier alpha value is -0.0151. The van der Waals surface area contributed by atoms with E-state index in [1.54, 1.807) is 0 Å². The molecule has 2 aliphatic heterocycles. The van der Waals surface area contributed by atoms with Gasteiger partial charge in [-0.2, -0.15) is 0 Å². The molecule has 2 rings (SSSR count). The Labute approximate surface area is 94.1 Å². The van der Waals surface area contributed by atoms with Gasteiger partial charge >= 0.3 is 0 Å². The van der Waals surface area contributed by atoms with Gasteiger partial charge < -0.3 is 9.47 Å². The van der Waals surface area contributed by atoms with Crippen molar-refractivity contribution >= 4 is 7.85 Å². The predicted molar refractivity (Wildman–Crippen MR) is 63.7 cm³/mol. The average molecular weight is 210 g/mol. The van der Waals surface area contributed by atoms with E-state index in [-0.39, 0.29) is 11.6 Å². The molecule has 2 fully saturated rings. The molecule has 2 saturated heterocycles. The van der Waals surface area contributed by atoms with E-state index in [1.807, 2.05) is 0 Å². The highest BCUT2D eigenvalue weighted by molar-refractivity contribution is 6.11. The summed E-state index contributed by atoms with van der Waals surface area (Å²) in [4.78, 5) is 0.